The highest BCUT2D eigenvalue weighted by atomic mass is 32.2. The molecule has 32 heavy (non-hydrogen) atoms. The minimum atomic E-state index is 0.0760. The Bertz CT molecular complexity index is 1210. The van der Waals surface area contributed by atoms with Gasteiger partial charge in [0.2, 0.25) is 5.91 Å². The molecule has 1 aliphatic heterocycles. The van der Waals surface area contributed by atoms with Crippen LogP contribution in [0.25, 0.3) is 11.0 Å². The first kappa shape index (κ1) is 20.6. The molecule has 164 valence electrons. The molecule has 0 spiro atoms. The highest BCUT2D eigenvalue weighted by molar-refractivity contribution is 7.98. The van der Waals surface area contributed by atoms with E-state index < -0.39 is 0 Å². The van der Waals surface area contributed by atoms with E-state index in [4.69, 9.17) is 0 Å². The molecule has 8 nitrogen and oxygen atoms in total. The van der Waals surface area contributed by atoms with Crippen molar-refractivity contribution in [3.8, 4) is 0 Å². The lowest BCUT2D eigenvalue weighted by molar-refractivity contribution is -0.132. The summed E-state index contributed by atoms with van der Waals surface area (Å²) in [4.78, 5) is 21.7. The fraction of sp³-hybridized carbons (Fsp3) is 0.304. The zero-order valence-electron chi connectivity index (χ0n) is 18.0. The summed E-state index contributed by atoms with van der Waals surface area (Å²) < 4.78 is 3.78. The first-order valence-electron chi connectivity index (χ1n) is 10.7. The molecule has 9 heteroatoms. The second-order valence-electron chi connectivity index (χ2n) is 7.78. The molecule has 0 N–H and O–H groups in total. The minimum Gasteiger partial charge on any atom is -0.368 e. The lowest BCUT2D eigenvalue weighted by Crippen LogP contribution is -2.49. The van der Waals surface area contributed by atoms with Crippen molar-refractivity contribution in [3.63, 3.8) is 0 Å². The predicted molar refractivity (Wildman–Crippen MR) is 126 cm³/mol. The van der Waals surface area contributed by atoms with Crippen LogP contribution in [0.5, 0.6) is 0 Å². The first-order chi connectivity index (χ1) is 15.7. The number of imidazole rings is 1. The Morgan fingerprint density at radius 3 is 2.53 bits per heavy atom. The molecule has 1 aliphatic rings. The summed E-state index contributed by atoms with van der Waals surface area (Å²) in [7, 11) is 0. The molecule has 3 heterocycles. The van der Waals surface area contributed by atoms with Crippen molar-refractivity contribution in [1.82, 2.24) is 29.4 Å². The molecular formula is C23H25N7OS. The maximum Gasteiger partial charge on any atom is 0.244 e. The van der Waals surface area contributed by atoms with Gasteiger partial charge in [-0.2, -0.15) is 0 Å². The maximum absolute atomic E-state index is 12.8. The zero-order valence-corrected chi connectivity index (χ0v) is 18.8. The molecule has 0 saturated carbocycles. The van der Waals surface area contributed by atoms with Gasteiger partial charge in [0.05, 0.1) is 23.8 Å². The second-order valence-corrected chi connectivity index (χ2v) is 8.56. The Morgan fingerprint density at radius 2 is 1.75 bits per heavy atom. The largest absolute Gasteiger partial charge is 0.368 e. The Labute approximate surface area is 190 Å². The van der Waals surface area contributed by atoms with Gasteiger partial charge in [0.25, 0.3) is 0 Å². The number of fused-ring (bicyclic) bond motifs is 1. The van der Waals surface area contributed by atoms with Crippen LogP contribution in [-0.2, 0) is 17.9 Å². The smallest absolute Gasteiger partial charge is 0.244 e. The molecule has 1 saturated heterocycles. The van der Waals surface area contributed by atoms with Crippen molar-refractivity contribution in [2.45, 2.75) is 18.2 Å². The van der Waals surface area contributed by atoms with Crippen molar-refractivity contribution in [2.24, 2.45) is 0 Å². The van der Waals surface area contributed by atoms with E-state index in [1.54, 1.807) is 16.4 Å². The van der Waals surface area contributed by atoms with Crippen LogP contribution in [0.15, 0.2) is 66.0 Å². The van der Waals surface area contributed by atoms with Gasteiger partial charge in [0.15, 0.2) is 5.16 Å². The summed E-state index contributed by atoms with van der Waals surface area (Å²) in [6.45, 7) is 3.88. The van der Waals surface area contributed by atoms with Crippen molar-refractivity contribution in [1.29, 1.82) is 0 Å². The number of hydrogen-bond donors (Lipinski definition) is 0. The second kappa shape index (κ2) is 9.04. The summed E-state index contributed by atoms with van der Waals surface area (Å²) >= 11 is 1.61. The van der Waals surface area contributed by atoms with Crippen LogP contribution in [0, 0.1) is 0 Å². The van der Waals surface area contributed by atoms with Crippen LogP contribution >= 0.6 is 11.8 Å². The Morgan fingerprint density at radius 1 is 1.00 bits per heavy atom. The third-order valence-corrected chi connectivity index (χ3v) is 6.44. The maximum atomic E-state index is 12.8. The van der Waals surface area contributed by atoms with E-state index >= 15 is 0 Å². The fourth-order valence-corrected chi connectivity index (χ4v) is 4.68. The van der Waals surface area contributed by atoms with Crippen LogP contribution in [0.1, 0.15) is 5.69 Å². The number of hydrogen-bond acceptors (Lipinski definition) is 6. The van der Waals surface area contributed by atoms with Gasteiger partial charge < -0.3 is 14.4 Å². The summed E-state index contributed by atoms with van der Waals surface area (Å²) in [6.07, 6.45) is 3.88. The van der Waals surface area contributed by atoms with Gasteiger partial charge in [-0.05, 0) is 30.5 Å². The molecule has 2 aromatic heterocycles. The average Bonchev–Trinajstić information content (AvgIpc) is 3.44. The van der Waals surface area contributed by atoms with Crippen LogP contribution in [0.3, 0.4) is 0 Å². The van der Waals surface area contributed by atoms with Crippen LogP contribution in [0.2, 0.25) is 0 Å². The molecule has 0 atom stereocenters. The molecule has 0 radical (unpaired) electrons. The number of carbonyl (C=O) groups excluding carboxylic acids is 1. The van der Waals surface area contributed by atoms with Crippen molar-refractivity contribution in [3.05, 3.63) is 66.5 Å². The van der Waals surface area contributed by atoms with Gasteiger partial charge >= 0.3 is 0 Å². The molecule has 0 bridgehead atoms. The molecule has 4 aromatic rings. The minimum absolute atomic E-state index is 0.0760. The van der Waals surface area contributed by atoms with Gasteiger partial charge in [0.1, 0.15) is 12.2 Å². The number of anilines is 1. The highest BCUT2D eigenvalue weighted by Gasteiger charge is 2.22. The standard InChI is InChI=1S/C23H25N7OS/c1-32-23-24-20-9-5-6-10-21(20)30(23)16-18-15-29(26-25-18)17-22(31)28-13-11-27(12-14-28)19-7-3-2-4-8-19/h2-10,15H,11-14,16-17H2,1H3. The van der Waals surface area contributed by atoms with Gasteiger partial charge in [-0.1, -0.05) is 47.3 Å². The first-order valence-corrected chi connectivity index (χ1v) is 11.9. The van der Waals surface area contributed by atoms with E-state index in [-0.39, 0.29) is 12.5 Å². The number of para-hydroxylation sites is 3. The summed E-state index contributed by atoms with van der Waals surface area (Å²) in [5.74, 6) is 0.0760. The lowest BCUT2D eigenvalue weighted by Gasteiger charge is -2.36. The highest BCUT2D eigenvalue weighted by Crippen LogP contribution is 2.23. The van der Waals surface area contributed by atoms with E-state index in [2.05, 4.69) is 43.0 Å². The molecule has 0 aliphatic carbocycles. The van der Waals surface area contributed by atoms with E-state index in [0.717, 1.165) is 35.0 Å². The van der Waals surface area contributed by atoms with Crippen molar-refractivity contribution in [2.75, 3.05) is 37.3 Å². The van der Waals surface area contributed by atoms with Crippen LogP contribution in [0.4, 0.5) is 5.69 Å². The summed E-state index contributed by atoms with van der Waals surface area (Å²) in [5, 5.41) is 9.44. The zero-order chi connectivity index (χ0) is 21.9. The normalized spacial score (nSPS) is 14.3. The van der Waals surface area contributed by atoms with Crippen LogP contribution in [-0.4, -0.2) is 67.8 Å². The van der Waals surface area contributed by atoms with Gasteiger partial charge in [0, 0.05) is 31.9 Å². The summed E-state index contributed by atoms with van der Waals surface area (Å²) in [6, 6.07) is 18.4. The number of carbonyl (C=O) groups is 1. The van der Waals surface area contributed by atoms with Crippen molar-refractivity contribution >= 4 is 34.4 Å². The topological polar surface area (TPSA) is 72.1 Å². The SMILES string of the molecule is CSc1nc2ccccc2n1Cc1cn(CC(=O)N2CCN(c3ccccc3)CC2)nn1. The number of amides is 1. The molecule has 0 unspecified atom stereocenters. The van der Waals surface area contributed by atoms with Crippen LogP contribution < -0.4 is 4.90 Å². The third kappa shape index (κ3) is 4.20. The number of piperazine rings is 1. The van der Waals surface area contributed by atoms with E-state index in [9.17, 15) is 4.79 Å². The monoisotopic (exact) mass is 447 g/mol. The van der Waals surface area contributed by atoms with E-state index in [1.807, 2.05) is 53.8 Å². The Balaban J connectivity index is 1.21. The van der Waals surface area contributed by atoms with Gasteiger partial charge in [-0.3, -0.25) is 4.79 Å². The third-order valence-electron chi connectivity index (χ3n) is 5.76. The average molecular weight is 448 g/mol. The Hall–Kier alpha value is -3.33. The Kier molecular flexibility index (Phi) is 5.81. The molecule has 2 aromatic carbocycles. The summed E-state index contributed by atoms with van der Waals surface area (Å²) in [5.41, 5.74) is 4.05. The molecule has 5 rings (SSSR count). The lowest BCUT2D eigenvalue weighted by atomic mass is 10.2. The van der Waals surface area contributed by atoms with Gasteiger partial charge in [-0.25, -0.2) is 9.67 Å². The van der Waals surface area contributed by atoms with E-state index in [0.29, 0.717) is 19.6 Å². The van der Waals surface area contributed by atoms with E-state index in [1.165, 1.54) is 5.69 Å². The van der Waals surface area contributed by atoms with Crippen molar-refractivity contribution < 1.29 is 4.79 Å². The number of rotatable bonds is 6. The van der Waals surface area contributed by atoms with Gasteiger partial charge in [-0.15, -0.1) is 5.10 Å². The number of benzene rings is 2. The number of nitrogens with zero attached hydrogens (tertiary/aromatic N) is 7. The quantitative estimate of drug-likeness (QED) is 0.423. The predicted octanol–water partition coefficient (Wildman–Crippen LogP) is 2.75. The number of aromatic nitrogens is 5. The molecule has 1 fully saturated rings. The molecule has 1 amide bonds. The fourth-order valence-electron chi connectivity index (χ4n) is 4.10. The molecular weight excluding hydrogens is 422 g/mol. The number of thioether (sulfide) groups is 1.